The standard InChI is InChI=1S/C29H39N5O3/c1-7-9-17-33(28(36)30-22-13-15-24(16-14-22)37-8-2)20-27(35)31-26-19-25(29(4,5)6)32-34(26)23-12-10-11-21(3)18-23/h10-16,18-19H,7-9,17,20H2,1-6H3,(H,30,36)(H,31,35). The number of hydrogen-bond acceptors (Lipinski definition) is 4. The molecule has 0 aliphatic rings. The van der Waals surface area contributed by atoms with Crippen LogP contribution in [0.5, 0.6) is 5.75 Å². The number of amides is 3. The van der Waals surface area contributed by atoms with Gasteiger partial charge in [-0.3, -0.25) is 4.79 Å². The van der Waals surface area contributed by atoms with Crippen molar-refractivity contribution in [3.63, 3.8) is 0 Å². The third-order valence-corrected chi connectivity index (χ3v) is 5.81. The lowest BCUT2D eigenvalue weighted by molar-refractivity contribution is -0.116. The molecule has 0 aliphatic heterocycles. The number of carbonyl (C=O) groups excluding carboxylic acids is 2. The summed E-state index contributed by atoms with van der Waals surface area (Å²) in [6.45, 7) is 13.2. The number of aryl methyl sites for hydroxylation is 1. The molecule has 0 atom stereocenters. The van der Waals surface area contributed by atoms with Crippen molar-refractivity contribution in [2.75, 3.05) is 30.3 Å². The Balaban J connectivity index is 1.77. The summed E-state index contributed by atoms with van der Waals surface area (Å²) in [5, 5.41) is 10.7. The Morgan fingerprint density at radius 1 is 1.03 bits per heavy atom. The van der Waals surface area contributed by atoms with Gasteiger partial charge in [0.1, 0.15) is 18.1 Å². The number of nitrogens with zero attached hydrogens (tertiary/aromatic N) is 3. The van der Waals surface area contributed by atoms with Crippen molar-refractivity contribution in [1.82, 2.24) is 14.7 Å². The summed E-state index contributed by atoms with van der Waals surface area (Å²) in [5.41, 5.74) is 3.27. The lowest BCUT2D eigenvalue weighted by Crippen LogP contribution is -2.41. The van der Waals surface area contributed by atoms with Crippen molar-refractivity contribution >= 4 is 23.4 Å². The van der Waals surface area contributed by atoms with E-state index in [1.165, 1.54) is 4.90 Å². The van der Waals surface area contributed by atoms with Crippen LogP contribution in [-0.2, 0) is 10.2 Å². The van der Waals surface area contributed by atoms with Gasteiger partial charge in [-0.2, -0.15) is 5.10 Å². The summed E-state index contributed by atoms with van der Waals surface area (Å²) in [4.78, 5) is 27.8. The molecule has 0 bridgehead atoms. The Kier molecular flexibility index (Phi) is 9.33. The van der Waals surface area contributed by atoms with Crippen LogP contribution in [0.25, 0.3) is 5.69 Å². The van der Waals surface area contributed by atoms with E-state index in [-0.39, 0.29) is 23.9 Å². The minimum absolute atomic E-state index is 0.0767. The van der Waals surface area contributed by atoms with Crippen molar-refractivity contribution < 1.29 is 14.3 Å². The van der Waals surface area contributed by atoms with Crippen LogP contribution in [-0.4, -0.2) is 46.3 Å². The van der Waals surface area contributed by atoms with Crippen molar-refractivity contribution in [2.45, 2.75) is 59.8 Å². The molecule has 0 unspecified atom stereocenters. The van der Waals surface area contributed by atoms with Crippen molar-refractivity contribution in [3.05, 3.63) is 65.9 Å². The van der Waals surface area contributed by atoms with Crippen LogP contribution in [0.2, 0.25) is 0 Å². The van der Waals surface area contributed by atoms with E-state index in [9.17, 15) is 9.59 Å². The van der Waals surface area contributed by atoms with Crippen LogP contribution in [0.3, 0.4) is 0 Å². The number of unbranched alkanes of at least 4 members (excludes halogenated alkanes) is 1. The van der Waals surface area contributed by atoms with Crippen molar-refractivity contribution in [1.29, 1.82) is 0 Å². The summed E-state index contributed by atoms with van der Waals surface area (Å²) in [6.07, 6.45) is 1.70. The van der Waals surface area contributed by atoms with Gasteiger partial charge in [-0.1, -0.05) is 46.2 Å². The molecule has 0 aliphatic carbocycles. The van der Waals surface area contributed by atoms with E-state index in [2.05, 4.69) is 38.3 Å². The van der Waals surface area contributed by atoms with E-state index in [1.807, 2.05) is 56.3 Å². The van der Waals surface area contributed by atoms with E-state index in [0.29, 0.717) is 24.7 Å². The van der Waals surface area contributed by atoms with Gasteiger partial charge in [-0.25, -0.2) is 9.48 Å². The van der Waals surface area contributed by atoms with E-state index < -0.39 is 0 Å². The predicted octanol–water partition coefficient (Wildman–Crippen LogP) is 6.15. The Hall–Kier alpha value is -3.81. The second-order valence-corrected chi connectivity index (χ2v) is 10.1. The molecule has 198 valence electrons. The second kappa shape index (κ2) is 12.4. The van der Waals surface area contributed by atoms with Crippen LogP contribution in [0.1, 0.15) is 58.7 Å². The smallest absolute Gasteiger partial charge is 0.322 e. The highest BCUT2D eigenvalue weighted by molar-refractivity contribution is 5.96. The van der Waals surface area contributed by atoms with Crippen LogP contribution in [0.4, 0.5) is 16.3 Å². The molecule has 1 aromatic heterocycles. The number of carbonyl (C=O) groups is 2. The molecule has 2 N–H and O–H groups in total. The molecule has 0 fully saturated rings. The minimum Gasteiger partial charge on any atom is -0.494 e. The number of hydrogen-bond donors (Lipinski definition) is 2. The van der Waals surface area contributed by atoms with Crippen molar-refractivity contribution in [3.8, 4) is 11.4 Å². The lowest BCUT2D eigenvalue weighted by Gasteiger charge is -2.22. The first-order valence-corrected chi connectivity index (χ1v) is 12.9. The third-order valence-electron chi connectivity index (χ3n) is 5.81. The lowest BCUT2D eigenvalue weighted by atomic mass is 9.92. The molecular weight excluding hydrogens is 466 g/mol. The summed E-state index contributed by atoms with van der Waals surface area (Å²) in [6, 6.07) is 16.7. The van der Waals surface area contributed by atoms with Gasteiger partial charge in [0.05, 0.1) is 18.0 Å². The van der Waals surface area contributed by atoms with Crippen LogP contribution in [0.15, 0.2) is 54.6 Å². The van der Waals surface area contributed by atoms with Gasteiger partial charge in [-0.05, 0) is 62.2 Å². The first-order valence-electron chi connectivity index (χ1n) is 12.9. The molecule has 3 amide bonds. The number of aromatic nitrogens is 2. The molecule has 8 heteroatoms. The van der Waals surface area contributed by atoms with Gasteiger partial charge in [-0.15, -0.1) is 0 Å². The number of urea groups is 1. The molecule has 3 rings (SSSR count). The molecule has 8 nitrogen and oxygen atoms in total. The number of nitrogens with one attached hydrogen (secondary N) is 2. The number of ether oxygens (including phenoxy) is 1. The normalized spacial score (nSPS) is 11.2. The molecule has 2 aromatic carbocycles. The van der Waals surface area contributed by atoms with Gasteiger partial charge < -0.3 is 20.3 Å². The Morgan fingerprint density at radius 3 is 2.38 bits per heavy atom. The first kappa shape index (κ1) is 27.8. The molecule has 0 saturated carbocycles. The first-order chi connectivity index (χ1) is 17.6. The summed E-state index contributed by atoms with van der Waals surface area (Å²) in [5.74, 6) is 1.03. The maximum Gasteiger partial charge on any atom is 0.322 e. The van der Waals surface area contributed by atoms with E-state index in [1.54, 1.807) is 16.8 Å². The number of benzene rings is 2. The predicted molar refractivity (Wildman–Crippen MR) is 149 cm³/mol. The third kappa shape index (κ3) is 7.84. The van der Waals surface area contributed by atoms with Crippen LogP contribution < -0.4 is 15.4 Å². The zero-order valence-electron chi connectivity index (χ0n) is 22.8. The fourth-order valence-electron chi connectivity index (χ4n) is 3.75. The van der Waals surface area contributed by atoms with Gasteiger partial charge in [0, 0.05) is 23.7 Å². The highest BCUT2D eigenvalue weighted by Gasteiger charge is 2.23. The minimum atomic E-state index is -0.324. The molecule has 1 heterocycles. The highest BCUT2D eigenvalue weighted by atomic mass is 16.5. The number of rotatable bonds is 10. The average molecular weight is 506 g/mol. The SMILES string of the molecule is CCCCN(CC(=O)Nc1cc(C(C)(C)C)nn1-c1cccc(C)c1)C(=O)Nc1ccc(OCC)cc1. The summed E-state index contributed by atoms with van der Waals surface area (Å²) >= 11 is 0. The van der Waals surface area contributed by atoms with Gasteiger partial charge >= 0.3 is 6.03 Å². The van der Waals surface area contributed by atoms with E-state index in [0.717, 1.165) is 35.5 Å². The molecule has 0 spiro atoms. The molecule has 37 heavy (non-hydrogen) atoms. The Labute approximate surface area is 220 Å². The molecule has 0 saturated heterocycles. The molecular formula is C29H39N5O3. The zero-order valence-corrected chi connectivity index (χ0v) is 22.8. The summed E-state index contributed by atoms with van der Waals surface area (Å²) in [7, 11) is 0. The Morgan fingerprint density at radius 2 is 1.76 bits per heavy atom. The van der Waals surface area contributed by atoms with Crippen LogP contribution >= 0.6 is 0 Å². The Bertz CT molecular complexity index is 1190. The average Bonchev–Trinajstić information content (AvgIpc) is 3.27. The van der Waals surface area contributed by atoms with Crippen LogP contribution in [0, 0.1) is 6.92 Å². The second-order valence-electron chi connectivity index (χ2n) is 10.1. The van der Waals surface area contributed by atoms with E-state index >= 15 is 0 Å². The highest BCUT2D eigenvalue weighted by Crippen LogP contribution is 2.26. The maximum atomic E-state index is 13.2. The van der Waals surface area contributed by atoms with E-state index in [4.69, 9.17) is 9.84 Å². The largest absolute Gasteiger partial charge is 0.494 e. The quantitative estimate of drug-likeness (QED) is 0.346. The van der Waals surface area contributed by atoms with Gasteiger partial charge in [0.15, 0.2) is 0 Å². The van der Waals surface area contributed by atoms with Crippen molar-refractivity contribution in [2.24, 2.45) is 0 Å². The monoisotopic (exact) mass is 505 g/mol. The molecule has 3 aromatic rings. The fourth-order valence-corrected chi connectivity index (χ4v) is 3.75. The van der Waals surface area contributed by atoms with Gasteiger partial charge in [0.25, 0.3) is 0 Å². The van der Waals surface area contributed by atoms with Gasteiger partial charge in [0.2, 0.25) is 5.91 Å². The topological polar surface area (TPSA) is 88.5 Å². The zero-order chi connectivity index (χ0) is 27.0. The maximum absolute atomic E-state index is 13.2. The number of anilines is 2. The fraction of sp³-hybridized carbons (Fsp3) is 0.414. The molecule has 0 radical (unpaired) electrons. The summed E-state index contributed by atoms with van der Waals surface area (Å²) < 4.78 is 7.22.